The SMILES string of the molecule is C[Si](C)(C)Oc1ccccc1. The fourth-order valence-corrected chi connectivity index (χ4v) is 1.69. The molecule has 0 saturated carbocycles. The second-order valence-electron chi connectivity index (χ2n) is 3.53. The van der Waals surface area contributed by atoms with E-state index < -0.39 is 8.32 Å². The largest absolute Gasteiger partial charge is 0.544 e. The summed E-state index contributed by atoms with van der Waals surface area (Å²) in [5, 5.41) is 0. The van der Waals surface area contributed by atoms with Gasteiger partial charge in [-0.05, 0) is 31.8 Å². The van der Waals surface area contributed by atoms with Gasteiger partial charge in [-0.15, -0.1) is 0 Å². The van der Waals surface area contributed by atoms with Gasteiger partial charge in [0.2, 0.25) is 8.32 Å². The van der Waals surface area contributed by atoms with Gasteiger partial charge < -0.3 is 4.43 Å². The van der Waals surface area contributed by atoms with E-state index in [0.717, 1.165) is 5.75 Å². The maximum Gasteiger partial charge on any atom is 0.242 e. The van der Waals surface area contributed by atoms with Crippen molar-refractivity contribution >= 4 is 8.32 Å². The molecule has 0 amide bonds. The molecule has 0 aliphatic carbocycles. The average molecular weight is 166 g/mol. The quantitative estimate of drug-likeness (QED) is 0.614. The molecule has 0 heterocycles. The summed E-state index contributed by atoms with van der Waals surface area (Å²) in [7, 11) is -1.40. The normalized spacial score (nSPS) is 11.2. The number of hydrogen-bond donors (Lipinski definition) is 0. The van der Waals surface area contributed by atoms with Crippen LogP contribution in [0.3, 0.4) is 0 Å². The predicted molar refractivity (Wildman–Crippen MR) is 50.4 cm³/mol. The van der Waals surface area contributed by atoms with Gasteiger partial charge in [0, 0.05) is 0 Å². The molecule has 1 rings (SSSR count). The molecule has 60 valence electrons. The first kappa shape index (κ1) is 8.33. The molecule has 1 aromatic carbocycles. The third kappa shape index (κ3) is 3.23. The second kappa shape index (κ2) is 3.09. The number of benzene rings is 1. The van der Waals surface area contributed by atoms with Crippen LogP contribution in [-0.2, 0) is 0 Å². The average Bonchev–Trinajstić information content (AvgIpc) is 1.85. The van der Waals surface area contributed by atoms with E-state index in [1.165, 1.54) is 0 Å². The molecule has 0 aromatic heterocycles. The smallest absolute Gasteiger partial charge is 0.242 e. The van der Waals surface area contributed by atoms with E-state index in [9.17, 15) is 0 Å². The maximum absolute atomic E-state index is 5.74. The van der Waals surface area contributed by atoms with E-state index >= 15 is 0 Å². The molecule has 0 spiro atoms. The molecule has 11 heavy (non-hydrogen) atoms. The highest BCUT2D eigenvalue weighted by atomic mass is 28.4. The van der Waals surface area contributed by atoms with Crippen molar-refractivity contribution in [2.45, 2.75) is 19.6 Å². The molecule has 0 saturated heterocycles. The second-order valence-corrected chi connectivity index (χ2v) is 7.96. The molecule has 0 fully saturated rings. The first-order chi connectivity index (χ1) is 5.08. The fraction of sp³-hybridized carbons (Fsp3) is 0.333. The van der Waals surface area contributed by atoms with Crippen LogP contribution in [0.4, 0.5) is 0 Å². The molecule has 0 radical (unpaired) electrons. The molecular formula is C9H14OSi. The van der Waals surface area contributed by atoms with E-state index in [4.69, 9.17) is 4.43 Å². The zero-order chi connectivity index (χ0) is 8.32. The Labute approximate surface area is 69.1 Å². The zero-order valence-electron chi connectivity index (χ0n) is 7.29. The number of para-hydroxylation sites is 1. The third-order valence-electron chi connectivity index (χ3n) is 1.17. The van der Waals surface area contributed by atoms with Gasteiger partial charge in [0.15, 0.2) is 0 Å². The molecule has 0 aliphatic heterocycles. The topological polar surface area (TPSA) is 9.23 Å². The molecule has 0 unspecified atom stereocenters. The number of hydrogen-bond acceptors (Lipinski definition) is 1. The van der Waals surface area contributed by atoms with Gasteiger partial charge in [-0.3, -0.25) is 0 Å². The van der Waals surface area contributed by atoms with Gasteiger partial charge in [0.25, 0.3) is 0 Å². The van der Waals surface area contributed by atoms with E-state index in [-0.39, 0.29) is 0 Å². The summed E-state index contributed by atoms with van der Waals surface area (Å²) in [6, 6.07) is 9.98. The highest BCUT2D eigenvalue weighted by Crippen LogP contribution is 2.14. The molecule has 1 aromatic rings. The van der Waals surface area contributed by atoms with Crippen molar-refractivity contribution in [3.05, 3.63) is 30.3 Å². The summed E-state index contributed by atoms with van der Waals surface area (Å²) in [4.78, 5) is 0. The van der Waals surface area contributed by atoms with Crippen molar-refractivity contribution in [1.29, 1.82) is 0 Å². The van der Waals surface area contributed by atoms with Gasteiger partial charge in [-0.25, -0.2) is 0 Å². The van der Waals surface area contributed by atoms with Crippen LogP contribution in [0.5, 0.6) is 5.75 Å². The molecule has 0 atom stereocenters. The van der Waals surface area contributed by atoms with Crippen molar-refractivity contribution in [2.75, 3.05) is 0 Å². The monoisotopic (exact) mass is 166 g/mol. The van der Waals surface area contributed by atoms with Crippen LogP contribution in [0.15, 0.2) is 30.3 Å². The van der Waals surface area contributed by atoms with Gasteiger partial charge in [-0.1, -0.05) is 18.2 Å². The van der Waals surface area contributed by atoms with E-state index in [2.05, 4.69) is 19.6 Å². The van der Waals surface area contributed by atoms with E-state index in [1.807, 2.05) is 30.3 Å². The lowest BCUT2D eigenvalue weighted by Crippen LogP contribution is -2.29. The Hall–Kier alpha value is -0.763. The minimum atomic E-state index is -1.40. The predicted octanol–water partition coefficient (Wildman–Crippen LogP) is 2.90. The fourth-order valence-electron chi connectivity index (χ4n) is 0.842. The van der Waals surface area contributed by atoms with Crippen LogP contribution in [0.25, 0.3) is 0 Å². The standard InChI is InChI=1S/C9H14OSi/c1-11(2,3)10-9-7-5-4-6-8-9/h4-8H,1-3H3. The Kier molecular flexibility index (Phi) is 2.34. The summed E-state index contributed by atoms with van der Waals surface area (Å²) < 4.78 is 5.74. The molecule has 0 bridgehead atoms. The van der Waals surface area contributed by atoms with Crippen LogP contribution in [0.2, 0.25) is 19.6 Å². The minimum absolute atomic E-state index is 0.992. The van der Waals surface area contributed by atoms with Gasteiger partial charge in [0.1, 0.15) is 5.75 Å². The van der Waals surface area contributed by atoms with Crippen LogP contribution in [0.1, 0.15) is 0 Å². The van der Waals surface area contributed by atoms with Crippen molar-refractivity contribution in [2.24, 2.45) is 0 Å². The minimum Gasteiger partial charge on any atom is -0.544 e. The molecular weight excluding hydrogens is 152 g/mol. The Balaban J connectivity index is 2.66. The number of rotatable bonds is 2. The first-order valence-electron chi connectivity index (χ1n) is 3.82. The molecule has 0 aliphatic rings. The molecule has 2 heteroatoms. The summed E-state index contributed by atoms with van der Waals surface area (Å²) in [6.07, 6.45) is 0. The lowest BCUT2D eigenvalue weighted by atomic mass is 10.3. The van der Waals surface area contributed by atoms with E-state index in [1.54, 1.807) is 0 Å². The lowest BCUT2D eigenvalue weighted by Gasteiger charge is -2.18. The zero-order valence-corrected chi connectivity index (χ0v) is 8.29. The lowest BCUT2D eigenvalue weighted by molar-refractivity contribution is 0.558. The Morgan fingerprint density at radius 2 is 1.55 bits per heavy atom. The van der Waals surface area contributed by atoms with Crippen molar-refractivity contribution in [1.82, 2.24) is 0 Å². The third-order valence-corrected chi connectivity index (χ3v) is 2.02. The summed E-state index contributed by atoms with van der Waals surface area (Å²) in [6.45, 7) is 6.54. The van der Waals surface area contributed by atoms with Crippen LogP contribution in [-0.4, -0.2) is 8.32 Å². The summed E-state index contributed by atoms with van der Waals surface area (Å²) in [5.41, 5.74) is 0. The molecule has 1 nitrogen and oxygen atoms in total. The van der Waals surface area contributed by atoms with Gasteiger partial charge >= 0.3 is 0 Å². The Morgan fingerprint density at radius 3 is 2.00 bits per heavy atom. The van der Waals surface area contributed by atoms with Gasteiger partial charge in [-0.2, -0.15) is 0 Å². The Bertz CT molecular complexity index is 213. The van der Waals surface area contributed by atoms with E-state index in [0.29, 0.717) is 0 Å². The van der Waals surface area contributed by atoms with Crippen molar-refractivity contribution < 1.29 is 4.43 Å². The Morgan fingerprint density at radius 1 is 1.00 bits per heavy atom. The summed E-state index contributed by atoms with van der Waals surface area (Å²) in [5.74, 6) is 0.992. The summed E-state index contributed by atoms with van der Waals surface area (Å²) >= 11 is 0. The highest BCUT2D eigenvalue weighted by Gasteiger charge is 2.15. The van der Waals surface area contributed by atoms with Crippen LogP contribution in [0, 0.1) is 0 Å². The van der Waals surface area contributed by atoms with Gasteiger partial charge in [0.05, 0.1) is 0 Å². The van der Waals surface area contributed by atoms with Crippen LogP contribution >= 0.6 is 0 Å². The maximum atomic E-state index is 5.74. The first-order valence-corrected chi connectivity index (χ1v) is 7.23. The van der Waals surface area contributed by atoms with Crippen molar-refractivity contribution in [3.8, 4) is 5.75 Å². The van der Waals surface area contributed by atoms with Crippen LogP contribution < -0.4 is 4.43 Å². The highest BCUT2D eigenvalue weighted by molar-refractivity contribution is 6.70. The molecule has 0 N–H and O–H groups in total. The van der Waals surface area contributed by atoms with Crippen molar-refractivity contribution in [3.63, 3.8) is 0 Å².